The third-order valence-corrected chi connectivity index (χ3v) is 5.33. The van der Waals surface area contributed by atoms with Crippen molar-refractivity contribution in [1.82, 2.24) is 4.90 Å². The molecule has 3 rings (SSSR count). The predicted molar refractivity (Wildman–Crippen MR) is 117 cm³/mol. The van der Waals surface area contributed by atoms with Crippen LogP contribution >= 0.6 is 0 Å². The molecule has 0 saturated heterocycles. The molecule has 0 fully saturated rings. The van der Waals surface area contributed by atoms with Crippen LogP contribution in [0.3, 0.4) is 0 Å². The summed E-state index contributed by atoms with van der Waals surface area (Å²) in [5.74, 6) is 0.785. The number of nitrogens with zero attached hydrogens (tertiary/aromatic N) is 2. The highest BCUT2D eigenvalue weighted by Gasteiger charge is 2.31. The van der Waals surface area contributed by atoms with Gasteiger partial charge in [0.1, 0.15) is 0 Å². The third-order valence-electron chi connectivity index (χ3n) is 5.33. The summed E-state index contributed by atoms with van der Waals surface area (Å²) < 4.78 is 49.1. The zero-order valence-electron chi connectivity index (χ0n) is 19.0. The number of amides is 1. The first-order valence-electron chi connectivity index (χ1n) is 10.5. The highest BCUT2D eigenvalue weighted by Crippen LogP contribution is 2.31. The topological polar surface area (TPSA) is 60.4 Å². The van der Waals surface area contributed by atoms with Crippen LogP contribution in [0, 0.1) is 5.92 Å². The highest BCUT2D eigenvalue weighted by molar-refractivity contribution is 6.01. The average Bonchev–Trinajstić information content (AvgIpc) is 3.25. The second-order valence-corrected chi connectivity index (χ2v) is 8.11. The number of carbonyl (C=O) groups excluding carboxylic acids is 1. The third kappa shape index (κ3) is 5.97. The quantitative estimate of drug-likeness (QED) is 0.558. The largest absolute Gasteiger partial charge is 0.493 e. The average molecular weight is 464 g/mol. The fourth-order valence-electron chi connectivity index (χ4n) is 3.58. The lowest BCUT2D eigenvalue weighted by molar-refractivity contribution is -0.138. The minimum Gasteiger partial charge on any atom is -0.493 e. The lowest BCUT2D eigenvalue weighted by atomic mass is 10.0. The summed E-state index contributed by atoms with van der Waals surface area (Å²) in [5, 5.41) is 4.18. The number of rotatable bonds is 8. The summed E-state index contributed by atoms with van der Waals surface area (Å²) in [4.78, 5) is 20.0. The maximum atomic E-state index is 12.8. The van der Waals surface area contributed by atoms with Crippen LogP contribution in [0.15, 0.2) is 47.6 Å². The SMILES string of the molecule is COc1ccc(C2=NOC(CN(Cc3ccc(C(F)(F)F)cc3)C(=O)C(C)C)C2)cc1OC. The molecule has 0 N–H and O–H groups in total. The number of oxime groups is 1. The van der Waals surface area contributed by atoms with E-state index in [0.29, 0.717) is 29.2 Å². The smallest absolute Gasteiger partial charge is 0.416 e. The molecule has 1 aliphatic heterocycles. The maximum Gasteiger partial charge on any atom is 0.416 e. The van der Waals surface area contributed by atoms with Crippen LogP contribution in [-0.2, 0) is 22.4 Å². The number of carbonyl (C=O) groups is 1. The molecule has 9 heteroatoms. The van der Waals surface area contributed by atoms with Gasteiger partial charge in [-0.3, -0.25) is 4.79 Å². The molecule has 2 aromatic rings. The maximum absolute atomic E-state index is 12.8. The highest BCUT2D eigenvalue weighted by atomic mass is 19.4. The summed E-state index contributed by atoms with van der Waals surface area (Å²) in [7, 11) is 3.11. The Hall–Kier alpha value is -3.23. The van der Waals surface area contributed by atoms with Crippen molar-refractivity contribution < 1.29 is 32.3 Å². The summed E-state index contributed by atoms with van der Waals surface area (Å²) in [5.41, 5.74) is 1.42. The van der Waals surface area contributed by atoms with Crippen LogP contribution in [0.25, 0.3) is 0 Å². The lowest BCUT2D eigenvalue weighted by Crippen LogP contribution is -2.39. The molecule has 1 heterocycles. The first kappa shape index (κ1) is 24.4. The Morgan fingerprint density at radius 2 is 1.79 bits per heavy atom. The molecule has 0 bridgehead atoms. The van der Waals surface area contributed by atoms with Gasteiger partial charge in [-0.05, 0) is 35.9 Å². The van der Waals surface area contributed by atoms with E-state index < -0.39 is 11.7 Å². The molecular weight excluding hydrogens is 437 g/mol. The van der Waals surface area contributed by atoms with E-state index in [1.165, 1.54) is 12.1 Å². The van der Waals surface area contributed by atoms with Gasteiger partial charge in [0.05, 0.1) is 32.0 Å². The molecule has 1 aliphatic rings. The van der Waals surface area contributed by atoms with Crippen LogP contribution in [0.4, 0.5) is 13.2 Å². The monoisotopic (exact) mass is 464 g/mol. The standard InChI is InChI=1S/C24H27F3N2O4/c1-15(2)23(30)29(13-16-5-8-18(9-6-16)24(25,26)27)14-19-12-20(28-33-19)17-7-10-21(31-3)22(11-17)32-4/h5-11,15,19H,12-14H2,1-4H3. The van der Waals surface area contributed by atoms with Crippen LogP contribution < -0.4 is 9.47 Å². The summed E-state index contributed by atoms with van der Waals surface area (Å²) in [6.07, 6.45) is -4.29. The Morgan fingerprint density at radius 1 is 1.12 bits per heavy atom. The fraction of sp³-hybridized carbons (Fsp3) is 0.417. The molecule has 2 aromatic carbocycles. The van der Waals surface area contributed by atoms with Crippen molar-refractivity contribution in [3.8, 4) is 11.5 Å². The van der Waals surface area contributed by atoms with E-state index in [4.69, 9.17) is 14.3 Å². The van der Waals surface area contributed by atoms with Crippen LogP contribution in [0.2, 0.25) is 0 Å². The molecule has 0 spiro atoms. The Labute approximate surface area is 190 Å². The first-order chi connectivity index (χ1) is 15.6. The minimum absolute atomic E-state index is 0.113. The van der Waals surface area contributed by atoms with E-state index in [9.17, 15) is 18.0 Å². The van der Waals surface area contributed by atoms with E-state index in [1.54, 1.807) is 39.0 Å². The number of halogens is 3. The van der Waals surface area contributed by atoms with Gasteiger partial charge in [-0.1, -0.05) is 31.1 Å². The lowest BCUT2D eigenvalue weighted by Gasteiger charge is -2.26. The molecule has 0 aliphatic carbocycles. The van der Waals surface area contributed by atoms with Gasteiger partial charge in [-0.2, -0.15) is 13.2 Å². The molecule has 1 unspecified atom stereocenters. The van der Waals surface area contributed by atoms with Crippen molar-refractivity contribution in [2.75, 3.05) is 20.8 Å². The zero-order valence-corrected chi connectivity index (χ0v) is 19.0. The van der Waals surface area contributed by atoms with Crippen molar-refractivity contribution in [2.45, 2.75) is 39.1 Å². The van der Waals surface area contributed by atoms with Gasteiger partial charge in [0.25, 0.3) is 0 Å². The van der Waals surface area contributed by atoms with Crippen LogP contribution in [0.1, 0.15) is 37.0 Å². The molecule has 1 atom stereocenters. The van der Waals surface area contributed by atoms with Gasteiger partial charge in [-0.15, -0.1) is 0 Å². The molecule has 1 amide bonds. The van der Waals surface area contributed by atoms with Crippen LogP contribution in [0.5, 0.6) is 11.5 Å². The number of hydrogen-bond acceptors (Lipinski definition) is 5. The number of alkyl halides is 3. The first-order valence-corrected chi connectivity index (χ1v) is 10.5. The van der Waals surface area contributed by atoms with Gasteiger partial charge in [-0.25, -0.2) is 0 Å². The Morgan fingerprint density at radius 3 is 2.36 bits per heavy atom. The molecular formula is C24H27F3N2O4. The Balaban J connectivity index is 1.70. The fourth-order valence-corrected chi connectivity index (χ4v) is 3.58. The second kappa shape index (κ2) is 10.1. The van der Waals surface area contributed by atoms with Crippen molar-refractivity contribution in [1.29, 1.82) is 0 Å². The van der Waals surface area contributed by atoms with Crippen molar-refractivity contribution in [3.05, 3.63) is 59.2 Å². The number of benzene rings is 2. The molecule has 0 aromatic heterocycles. The number of ether oxygens (including phenoxy) is 2. The number of methoxy groups -OCH3 is 2. The number of hydrogen-bond donors (Lipinski definition) is 0. The Kier molecular flexibility index (Phi) is 7.50. The van der Waals surface area contributed by atoms with Gasteiger partial charge in [0.15, 0.2) is 17.6 Å². The van der Waals surface area contributed by atoms with Crippen molar-refractivity contribution in [2.24, 2.45) is 11.1 Å². The van der Waals surface area contributed by atoms with Gasteiger partial charge in [0.2, 0.25) is 5.91 Å². The molecule has 178 valence electrons. The van der Waals surface area contributed by atoms with E-state index >= 15 is 0 Å². The van der Waals surface area contributed by atoms with E-state index in [-0.39, 0.29) is 31.0 Å². The Bertz CT molecular complexity index is 1000. The second-order valence-electron chi connectivity index (χ2n) is 8.11. The minimum atomic E-state index is -4.40. The predicted octanol–water partition coefficient (Wildman–Crippen LogP) is 4.90. The molecule has 33 heavy (non-hydrogen) atoms. The normalized spacial score (nSPS) is 15.8. The van der Waals surface area contributed by atoms with Crippen molar-refractivity contribution >= 4 is 11.6 Å². The van der Waals surface area contributed by atoms with Gasteiger partial charge < -0.3 is 19.2 Å². The van der Waals surface area contributed by atoms with E-state index in [2.05, 4.69) is 5.16 Å². The molecule has 0 radical (unpaired) electrons. The van der Waals surface area contributed by atoms with Gasteiger partial charge >= 0.3 is 6.18 Å². The zero-order chi connectivity index (χ0) is 24.2. The van der Waals surface area contributed by atoms with E-state index in [1.807, 2.05) is 12.1 Å². The molecule has 0 saturated carbocycles. The van der Waals surface area contributed by atoms with Crippen LogP contribution in [-0.4, -0.2) is 43.4 Å². The summed E-state index contributed by atoms with van der Waals surface area (Å²) in [6.45, 7) is 4.01. The van der Waals surface area contributed by atoms with Gasteiger partial charge in [0, 0.05) is 24.4 Å². The van der Waals surface area contributed by atoms with E-state index in [0.717, 1.165) is 17.7 Å². The summed E-state index contributed by atoms with van der Waals surface area (Å²) in [6, 6.07) is 10.3. The van der Waals surface area contributed by atoms with Crippen molar-refractivity contribution in [3.63, 3.8) is 0 Å². The summed E-state index contributed by atoms with van der Waals surface area (Å²) >= 11 is 0. The molecule has 6 nitrogen and oxygen atoms in total.